The molecule has 0 aromatic heterocycles. The summed E-state index contributed by atoms with van der Waals surface area (Å²) in [5, 5.41) is 5.40. The molecule has 0 amide bonds. The second-order valence-corrected chi connectivity index (χ2v) is 14.6. The summed E-state index contributed by atoms with van der Waals surface area (Å²) in [4.78, 5) is 2.61. The molecule has 0 fully saturated rings. The maximum atomic E-state index is 2.61. The summed E-state index contributed by atoms with van der Waals surface area (Å²) in [5.41, 5.74) is 8.26. The van der Waals surface area contributed by atoms with Gasteiger partial charge in [-0.3, -0.25) is 0 Å². The highest BCUT2D eigenvalue weighted by atomic mass is 15.2. The van der Waals surface area contributed by atoms with Gasteiger partial charge >= 0.3 is 0 Å². The van der Waals surface area contributed by atoms with E-state index in [4.69, 9.17) is 0 Å². The molecule has 2 aliphatic rings. The lowest BCUT2D eigenvalue weighted by Gasteiger charge is -2.27. The van der Waals surface area contributed by atoms with E-state index in [1.165, 1.54) is 68.3 Å². The van der Waals surface area contributed by atoms with Crippen molar-refractivity contribution >= 4 is 38.6 Å². The molecule has 4 aromatic carbocycles. The van der Waals surface area contributed by atoms with Crippen molar-refractivity contribution in [2.45, 2.75) is 79.1 Å². The van der Waals surface area contributed by atoms with Crippen molar-refractivity contribution in [2.24, 2.45) is 11.8 Å². The molecule has 0 bridgehead atoms. The zero-order valence-corrected chi connectivity index (χ0v) is 27.5. The largest absolute Gasteiger partial charge is 0.344 e. The molecule has 0 atom stereocenters. The predicted molar refractivity (Wildman–Crippen MR) is 187 cm³/mol. The van der Waals surface area contributed by atoms with Gasteiger partial charge in [0.25, 0.3) is 0 Å². The highest BCUT2D eigenvalue weighted by Gasteiger charge is 2.45. The third kappa shape index (κ3) is 5.03. The minimum absolute atomic E-state index is 0.0934. The number of anilines is 1. The number of rotatable bonds is 8. The molecule has 2 aliphatic heterocycles. The van der Waals surface area contributed by atoms with Crippen LogP contribution in [-0.4, -0.2) is 23.4 Å². The van der Waals surface area contributed by atoms with E-state index in [2.05, 4.69) is 156 Å². The van der Waals surface area contributed by atoms with Gasteiger partial charge in [0, 0.05) is 47.5 Å². The molecule has 0 unspecified atom stereocenters. The Hall–Kier alpha value is -3.65. The molecule has 0 N–H and O–H groups in total. The molecular formula is C41H49N2+. The van der Waals surface area contributed by atoms with E-state index in [0.717, 1.165) is 13.1 Å². The molecule has 0 aliphatic carbocycles. The first-order valence-electron chi connectivity index (χ1n) is 16.4. The summed E-state index contributed by atoms with van der Waals surface area (Å²) >= 11 is 0. The lowest BCUT2D eigenvalue weighted by molar-refractivity contribution is -0.439. The molecule has 222 valence electrons. The van der Waals surface area contributed by atoms with Crippen molar-refractivity contribution in [2.75, 3.05) is 18.0 Å². The van der Waals surface area contributed by atoms with Crippen molar-refractivity contribution in [3.05, 3.63) is 108 Å². The summed E-state index contributed by atoms with van der Waals surface area (Å²) in [7, 11) is 0. The van der Waals surface area contributed by atoms with Crippen molar-refractivity contribution in [1.82, 2.24) is 0 Å². The summed E-state index contributed by atoms with van der Waals surface area (Å²) in [6.07, 6.45) is 9.51. The predicted octanol–water partition coefficient (Wildman–Crippen LogP) is 10.7. The highest BCUT2D eigenvalue weighted by molar-refractivity contribution is 6.07. The van der Waals surface area contributed by atoms with E-state index in [-0.39, 0.29) is 10.8 Å². The molecule has 6 rings (SSSR count). The van der Waals surface area contributed by atoms with Crippen molar-refractivity contribution in [1.29, 1.82) is 0 Å². The van der Waals surface area contributed by atoms with Gasteiger partial charge in [-0.05, 0) is 77.4 Å². The molecule has 43 heavy (non-hydrogen) atoms. The van der Waals surface area contributed by atoms with Crippen LogP contribution in [0.4, 0.5) is 11.4 Å². The quantitative estimate of drug-likeness (QED) is 0.191. The summed E-state index contributed by atoms with van der Waals surface area (Å²) in [5.74, 6) is 1.31. The Bertz CT molecular complexity index is 1780. The minimum Gasteiger partial charge on any atom is -0.344 e. The van der Waals surface area contributed by atoms with E-state index in [1.54, 1.807) is 0 Å². The average Bonchev–Trinajstić information content (AvgIpc) is 3.33. The topological polar surface area (TPSA) is 6.25 Å². The number of hydrogen-bond donors (Lipinski definition) is 0. The van der Waals surface area contributed by atoms with Gasteiger partial charge in [-0.25, -0.2) is 0 Å². The zero-order valence-electron chi connectivity index (χ0n) is 27.5. The summed E-state index contributed by atoms with van der Waals surface area (Å²) in [6.45, 7) is 21.0. The average molecular weight is 570 g/mol. The van der Waals surface area contributed by atoms with Crippen LogP contribution in [-0.2, 0) is 10.8 Å². The normalized spacial score (nSPS) is 18.3. The maximum Gasteiger partial charge on any atom is 0.210 e. The Morgan fingerprint density at radius 3 is 1.95 bits per heavy atom. The van der Waals surface area contributed by atoms with Gasteiger partial charge in [-0.1, -0.05) is 102 Å². The fourth-order valence-corrected chi connectivity index (χ4v) is 7.56. The minimum atomic E-state index is -0.0934. The van der Waals surface area contributed by atoms with Gasteiger partial charge in [0.15, 0.2) is 5.71 Å². The standard InChI is InChI=1S/C41H49N2/c1-28(2)24-26-42-34-22-20-30-14-9-11-16-32(30)38(34)40(5,6)36(42)18-13-19-37-41(7,8)39-33-17-12-10-15-31(33)21-23-35(39)43(37)27-25-29(3)4/h9-23,28-29H,24-27H2,1-8H3/q+1. The van der Waals surface area contributed by atoms with E-state index in [9.17, 15) is 0 Å². The third-order valence-corrected chi connectivity index (χ3v) is 9.88. The Morgan fingerprint density at radius 1 is 0.698 bits per heavy atom. The third-order valence-electron chi connectivity index (χ3n) is 9.88. The lowest BCUT2D eigenvalue weighted by Crippen LogP contribution is -2.29. The molecule has 0 radical (unpaired) electrons. The molecule has 2 heteroatoms. The van der Waals surface area contributed by atoms with Crippen LogP contribution in [0.5, 0.6) is 0 Å². The highest BCUT2D eigenvalue weighted by Crippen LogP contribution is 2.51. The van der Waals surface area contributed by atoms with Crippen LogP contribution in [0.15, 0.2) is 96.7 Å². The fourth-order valence-electron chi connectivity index (χ4n) is 7.56. The maximum absolute atomic E-state index is 2.61. The van der Waals surface area contributed by atoms with Gasteiger partial charge in [-0.2, -0.15) is 4.58 Å². The van der Waals surface area contributed by atoms with Crippen molar-refractivity contribution < 1.29 is 4.58 Å². The first kappa shape index (κ1) is 29.4. The van der Waals surface area contributed by atoms with Crippen LogP contribution in [0.3, 0.4) is 0 Å². The van der Waals surface area contributed by atoms with Crippen LogP contribution in [0.2, 0.25) is 0 Å². The molecule has 2 heterocycles. The molecule has 0 saturated heterocycles. The van der Waals surface area contributed by atoms with Gasteiger partial charge in [0.2, 0.25) is 5.69 Å². The van der Waals surface area contributed by atoms with Crippen molar-refractivity contribution in [3.63, 3.8) is 0 Å². The van der Waals surface area contributed by atoms with E-state index in [1.807, 2.05) is 0 Å². The number of nitrogens with zero attached hydrogens (tertiary/aromatic N) is 2. The van der Waals surface area contributed by atoms with Gasteiger partial charge in [0.1, 0.15) is 6.54 Å². The molecule has 2 nitrogen and oxygen atoms in total. The van der Waals surface area contributed by atoms with Crippen LogP contribution in [0.1, 0.15) is 79.4 Å². The Kier molecular flexibility index (Phi) is 7.61. The Balaban J connectivity index is 1.46. The Morgan fingerprint density at radius 2 is 1.30 bits per heavy atom. The molecule has 4 aromatic rings. The second-order valence-electron chi connectivity index (χ2n) is 14.6. The van der Waals surface area contributed by atoms with Gasteiger partial charge < -0.3 is 4.90 Å². The van der Waals surface area contributed by atoms with Crippen LogP contribution in [0.25, 0.3) is 21.5 Å². The molecule has 0 spiro atoms. The van der Waals surface area contributed by atoms with Crippen LogP contribution in [0, 0.1) is 11.8 Å². The number of allylic oxidation sites excluding steroid dienone is 4. The van der Waals surface area contributed by atoms with E-state index in [0.29, 0.717) is 11.8 Å². The number of fused-ring (bicyclic) bond motifs is 6. The number of hydrogen-bond acceptors (Lipinski definition) is 1. The smallest absolute Gasteiger partial charge is 0.210 e. The van der Waals surface area contributed by atoms with Crippen LogP contribution >= 0.6 is 0 Å². The lowest BCUT2D eigenvalue weighted by atomic mass is 9.79. The van der Waals surface area contributed by atoms with E-state index < -0.39 is 0 Å². The Labute approximate surface area is 259 Å². The van der Waals surface area contributed by atoms with Gasteiger partial charge in [-0.15, -0.1) is 0 Å². The first-order chi connectivity index (χ1) is 20.5. The summed E-state index contributed by atoms with van der Waals surface area (Å²) in [6, 6.07) is 27.1. The monoisotopic (exact) mass is 569 g/mol. The van der Waals surface area contributed by atoms with Gasteiger partial charge in [0.05, 0.1) is 5.41 Å². The summed E-state index contributed by atoms with van der Waals surface area (Å²) < 4.78 is 2.61. The SMILES string of the molecule is CC(C)CCN1C(=CC=CC2=[N+](CCC(C)C)c3ccc4ccccc4c3C2(C)C)C(C)(C)c2c1ccc1ccccc21. The van der Waals surface area contributed by atoms with Crippen LogP contribution < -0.4 is 4.90 Å². The fraction of sp³-hybridized carbons (Fsp3) is 0.390. The molecule has 0 saturated carbocycles. The number of benzene rings is 4. The van der Waals surface area contributed by atoms with Crippen molar-refractivity contribution in [3.8, 4) is 0 Å². The first-order valence-corrected chi connectivity index (χ1v) is 16.4. The zero-order chi connectivity index (χ0) is 30.5. The second kappa shape index (κ2) is 11.1. The molecular weight excluding hydrogens is 520 g/mol. The van der Waals surface area contributed by atoms with E-state index >= 15 is 0 Å².